The zero-order chi connectivity index (χ0) is 20.1. The number of alkyl halides is 6. The molecule has 13 heteroatoms. The standard InChI is InChI=1S/2C2HF3O2.4C2H3.O.2Sn/c2*3-2(4,5)1(6)7;4*1-2;;;/h2*(H,6,7);4*1H,2H2;;;/q;;;;;;;2*+1/p-2. The van der Waals surface area contributed by atoms with Gasteiger partial charge in [0.15, 0.2) is 0 Å². The van der Waals surface area contributed by atoms with Crippen LogP contribution in [-0.2, 0) is 17.1 Å². The third kappa shape index (κ3) is 6.69. The first-order valence-corrected chi connectivity index (χ1v) is 17.3. The molecule has 0 rings (SSSR count). The van der Waals surface area contributed by atoms with Crippen molar-refractivity contribution in [3.8, 4) is 0 Å². The van der Waals surface area contributed by atoms with E-state index in [1.165, 1.54) is 0 Å². The summed E-state index contributed by atoms with van der Waals surface area (Å²) in [4.78, 5) is 22.1. The predicted octanol–water partition coefficient (Wildman–Crippen LogP) is 3.00. The summed E-state index contributed by atoms with van der Waals surface area (Å²) in [6.07, 6.45) is -10.8. The van der Waals surface area contributed by atoms with E-state index in [-0.39, 0.29) is 0 Å². The Kier molecular flexibility index (Phi) is 8.28. The average Bonchev–Trinajstić information content (AvgIpc) is 2.51. The molecular formula is C12H12F6O5Sn2. The molecule has 5 nitrogen and oxygen atoms in total. The molecule has 0 aromatic heterocycles. The van der Waals surface area contributed by atoms with E-state index in [1.54, 1.807) is 0 Å². The molecule has 0 saturated carbocycles. The molecule has 140 valence electrons. The molecule has 0 amide bonds. The predicted molar refractivity (Wildman–Crippen MR) is 77.7 cm³/mol. The molecule has 0 saturated heterocycles. The van der Waals surface area contributed by atoms with Crippen LogP contribution in [0.3, 0.4) is 0 Å². The van der Waals surface area contributed by atoms with E-state index in [4.69, 9.17) is 1.41 Å². The number of carbonyl (C=O) groups is 2. The van der Waals surface area contributed by atoms with Gasteiger partial charge in [0.25, 0.3) is 0 Å². The molecule has 0 aromatic rings. The van der Waals surface area contributed by atoms with Crippen molar-refractivity contribution >= 4 is 50.3 Å². The minimum absolute atomic E-state index is 0.728. The molecule has 0 atom stereocenters. The summed E-state index contributed by atoms with van der Waals surface area (Å²) >= 11 is -10.7. The fraction of sp³-hybridized carbons (Fsp3) is 0.167. The number of rotatable bonds is 8. The number of hydrogen-bond donors (Lipinski definition) is 0. The second kappa shape index (κ2) is 8.61. The van der Waals surface area contributed by atoms with Gasteiger partial charge < -0.3 is 0 Å². The van der Waals surface area contributed by atoms with E-state index >= 15 is 0 Å². The summed E-state index contributed by atoms with van der Waals surface area (Å²) in [5.41, 5.74) is 0. The van der Waals surface area contributed by atoms with E-state index < -0.39 is 62.7 Å². The van der Waals surface area contributed by atoms with Crippen LogP contribution in [0.15, 0.2) is 42.7 Å². The van der Waals surface area contributed by atoms with Crippen molar-refractivity contribution in [1.82, 2.24) is 0 Å². The quantitative estimate of drug-likeness (QED) is 0.323. The van der Waals surface area contributed by atoms with Gasteiger partial charge in [-0.2, -0.15) is 0 Å². The van der Waals surface area contributed by atoms with Crippen molar-refractivity contribution in [2.75, 3.05) is 0 Å². The maximum absolute atomic E-state index is 12.4. The fourth-order valence-electron chi connectivity index (χ4n) is 1.20. The van der Waals surface area contributed by atoms with Gasteiger partial charge in [-0.05, 0) is 0 Å². The molecule has 0 heterocycles. The van der Waals surface area contributed by atoms with Crippen molar-refractivity contribution in [3.63, 3.8) is 0 Å². The molecular weight excluding hydrogens is 576 g/mol. The Morgan fingerprint density at radius 2 is 0.920 bits per heavy atom. The van der Waals surface area contributed by atoms with Crippen LogP contribution in [0.25, 0.3) is 0 Å². The van der Waals surface area contributed by atoms with Gasteiger partial charge in [-0.1, -0.05) is 0 Å². The summed E-state index contributed by atoms with van der Waals surface area (Å²) in [6.45, 7) is 12.7. The van der Waals surface area contributed by atoms with Crippen molar-refractivity contribution < 1.29 is 43.5 Å². The average molecular weight is 588 g/mol. The zero-order valence-electron chi connectivity index (χ0n) is 12.4. The first-order chi connectivity index (χ1) is 11.2. The van der Waals surface area contributed by atoms with Crippen LogP contribution in [0.4, 0.5) is 26.3 Å². The SMILES string of the molecule is C=[CH][Sn]([CH]=C)([O]C(=O)C(F)(F)F)[O][Sn]([CH]=C)([CH]=C)[O]C(=O)C(F)(F)F. The van der Waals surface area contributed by atoms with Crippen LogP contribution in [0.5, 0.6) is 0 Å². The van der Waals surface area contributed by atoms with Crippen LogP contribution in [0, 0.1) is 0 Å². The monoisotopic (exact) mass is 590 g/mol. The van der Waals surface area contributed by atoms with Crippen LogP contribution in [0.2, 0.25) is 0 Å². The molecule has 0 aliphatic carbocycles. The molecule has 0 bridgehead atoms. The van der Waals surface area contributed by atoms with Crippen LogP contribution < -0.4 is 0 Å². The summed E-state index contributed by atoms with van der Waals surface area (Å²) in [5, 5.41) is 0. The van der Waals surface area contributed by atoms with Crippen molar-refractivity contribution in [2.45, 2.75) is 12.4 Å². The molecule has 0 aromatic carbocycles. The topological polar surface area (TPSA) is 61.8 Å². The van der Waals surface area contributed by atoms with E-state index in [0.29, 0.717) is 0 Å². The summed E-state index contributed by atoms with van der Waals surface area (Å²) in [7, 11) is 0. The van der Waals surface area contributed by atoms with E-state index in [1.807, 2.05) is 0 Å². The Morgan fingerprint density at radius 1 is 0.680 bits per heavy atom. The van der Waals surface area contributed by atoms with Crippen molar-refractivity contribution in [2.24, 2.45) is 0 Å². The Morgan fingerprint density at radius 3 is 1.08 bits per heavy atom. The van der Waals surface area contributed by atoms with Gasteiger partial charge in [-0.25, -0.2) is 0 Å². The Hall–Kier alpha value is -0.963. The fourth-order valence-corrected chi connectivity index (χ4v) is 25.6. The zero-order valence-corrected chi connectivity index (χ0v) is 18.2. The van der Waals surface area contributed by atoms with Gasteiger partial charge in [0.05, 0.1) is 0 Å². The van der Waals surface area contributed by atoms with E-state index in [0.717, 1.165) is 16.4 Å². The molecule has 0 radical (unpaired) electrons. The third-order valence-electron chi connectivity index (χ3n) is 2.42. The normalized spacial score (nSPS) is 12.7. The molecule has 25 heavy (non-hydrogen) atoms. The van der Waals surface area contributed by atoms with Gasteiger partial charge >= 0.3 is 149 Å². The van der Waals surface area contributed by atoms with Gasteiger partial charge in [-0.3, -0.25) is 0 Å². The van der Waals surface area contributed by atoms with Gasteiger partial charge in [-0.15, -0.1) is 0 Å². The Labute approximate surface area is 148 Å². The second-order valence-corrected chi connectivity index (χ2v) is 22.7. The second-order valence-electron chi connectivity index (χ2n) is 4.14. The Bertz CT molecular complexity index is 518. The first-order valence-electron chi connectivity index (χ1n) is 6.05. The van der Waals surface area contributed by atoms with Crippen LogP contribution in [0.1, 0.15) is 0 Å². The molecule has 0 aliphatic rings. The number of halogens is 6. The van der Waals surface area contributed by atoms with Gasteiger partial charge in [0.1, 0.15) is 0 Å². The summed E-state index contributed by atoms with van der Waals surface area (Å²) < 4.78 is 91.1. The molecule has 0 aliphatic heterocycles. The molecule has 0 spiro atoms. The molecule has 0 unspecified atom stereocenters. The summed E-state index contributed by atoms with van der Waals surface area (Å²) in [6, 6.07) is 0. The minimum atomic E-state index is -5.39. The molecule has 0 N–H and O–H groups in total. The van der Waals surface area contributed by atoms with Crippen LogP contribution >= 0.6 is 0 Å². The van der Waals surface area contributed by atoms with Gasteiger partial charge in [0, 0.05) is 0 Å². The van der Waals surface area contributed by atoms with E-state index in [2.05, 4.69) is 32.5 Å². The maximum atomic E-state index is 12.4. The van der Waals surface area contributed by atoms with Crippen molar-refractivity contribution in [3.05, 3.63) is 42.7 Å². The summed E-state index contributed by atoms with van der Waals surface area (Å²) in [5.74, 6) is -5.28. The molecule has 0 fully saturated rings. The van der Waals surface area contributed by atoms with Crippen molar-refractivity contribution in [1.29, 1.82) is 0 Å². The van der Waals surface area contributed by atoms with E-state index in [9.17, 15) is 35.9 Å². The number of carbonyl (C=O) groups excluding carboxylic acids is 2. The van der Waals surface area contributed by atoms with Gasteiger partial charge in [0.2, 0.25) is 0 Å². The third-order valence-corrected chi connectivity index (χ3v) is 25.8. The Balaban J connectivity index is 5.82. The number of hydrogen-bond acceptors (Lipinski definition) is 5. The van der Waals surface area contributed by atoms with Crippen LogP contribution in [-0.4, -0.2) is 62.7 Å². The first kappa shape index (κ1) is 24.0.